The van der Waals surface area contributed by atoms with Crippen LogP contribution < -0.4 is 11.1 Å². The summed E-state index contributed by atoms with van der Waals surface area (Å²) >= 11 is 3.44. The zero-order valence-electron chi connectivity index (χ0n) is 8.13. The number of anilines is 2. The molecule has 4 heteroatoms. The third kappa shape index (κ3) is 1.85. The highest BCUT2D eigenvalue weighted by Crippen LogP contribution is 2.39. The van der Waals surface area contributed by atoms with Gasteiger partial charge in [-0.1, -0.05) is 13.3 Å². The Kier molecular flexibility index (Phi) is 2.63. The summed E-state index contributed by atoms with van der Waals surface area (Å²) in [5, 5.41) is 3.44. The molecule has 2 atom stereocenters. The van der Waals surface area contributed by atoms with Crippen molar-refractivity contribution in [3.8, 4) is 0 Å². The maximum absolute atomic E-state index is 5.83. The summed E-state index contributed by atoms with van der Waals surface area (Å²) in [6, 6.07) is 0.598. The summed E-state index contributed by atoms with van der Waals surface area (Å²) < 4.78 is 0.944. The Balaban J connectivity index is 2.09. The van der Waals surface area contributed by atoms with Crippen molar-refractivity contribution in [2.24, 2.45) is 5.92 Å². The molecule has 1 aromatic heterocycles. The van der Waals surface area contributed by atoms with Crippen molar-refractivity contribution >= 4 is 27.3 Å². The minimum absolute atomic E-state index is 0.598. The zero-order valence-corrected chi connectivity index (χ0v) is 9.71. The third-order valence-corrected chi connectivity index (χ3v) is 3.31. The van der Waals surface area contributed by atoms with E-state index in [-0.39, 0.29) is 0 Å². The SMILES string of the molecule is CCC1CC1Nc1c(N)cncc1Br. The van der Waals surface area contributed by atoms with Crippen molar-refractivity contribution in [3.63, 3.8) is 0 Å². The highest BCUT2D eigenvalue weighted by molar-refractivity contribution is 9.10. The van der Waals surface area contributed by atoms with Gasteiger partial charge < -0.3 is 11.1 Å². The summed E-state index contributed by atoms with van der Waals surface area (Å²) in [4.78, 5) is 4.00. The average Bonchev–Trinajstić information content (AvgIpc) is 2.90. The molecular weight excluding hydrogens is 242 g/mol. The maximum Gasteiger partial charge on any atom is 0.0752 e. The Morgan fingerprint density at radius 1 is 1.64 bits per heavy atom. The van der Waals surface area contributed by atoms with Gasteiger partial charge in [0.05, 0.1) is 22.0 Å². The quantitative estimate of drug-likeness (QED) is 0.874. The zero-order chi connectivity index (χ0) is 10.1. The number of nitrogens with zero attached hydrogens (tertiary/aromatic N) is 1. The lowest BCUT2D eigenvalue weighted by Gasteiger charge is -2.10. The van der Waals surface area contributed by atoms with Gasteiger partial charge in [-0.2, -0.15) is 0 Å². The molecule has 1 saturated carbocycles. The van der Waals surface area contributed by atoms with E-state index in [4.69, 9.17) is 5.73 Å². The van der Waals surface area contributed by atoms with E-state index in [9.17, 15) is 0 Å². The van der Waals surface area contributed by atoms with Gasteiger partial charge in [0.2, 0.25) is 0 Å². The van der Waals surface area contributed by atoms with Crippen LogP contribution in [-0.4, -0.2) is 11.0 Å². The molecule has 2 unspecified atom stereocenters. The molecule has 1 aliphatic rings. The first kappa shape index (κ1) is 9.77. The lowest BCUT2D eigenvalue weighted by molar-refractivity contribution is 0.775. The first-order valence-corrected chi connectivity index (χ1v) is 5.67. The van der Waals surface area contributed by atoms with E-state index >= 15 is 0 Å². The van der Waals surface area contributed by atoms with Crippen LogP contribution in [0.5, 0.6) is 0 Å². The molecule has 0 aliphatic heterocycles. The first-order chi connectivity index (χ1) is 6.72. The van der Waals surface area contributed by atoms with Gasteiger partial charge in [-0.25, -0.2) is 0 Å². The molecule has 3 N–H and O–H groups in total. The molecule has 1 heterocycles. The molecule has 0 radical (unpaired) electrons. The molecule has 0 bridgehead atoms. The molecule has 0 amide bonds. The van der Waals surface area contributed by atoms with E-state index in [1.165, 1.54) is 12.8 Å². The van der Waals surface area contributed by atoms with Crippen LogP contribution in [0.1, 0.15) is 19.8 Å². The van der Waals surface area contributed by atoms with Gasteiger partial charge in [-0.15, -0.1) is 0 Å². The molecule has 0 aromatic carbocycles. The normalized spacial score (nSPS) is 24.7. The Bertz CT molecular complexity index is 320. The first-order valence-electron chi connectivity index (χ1n) is 4.88. The summed E-state index contributed by atoms with van der Waals surface area (Å²) in [6.07, 6.45) is 5.93. The molecule has 0 spiro atoms. The second kappa shape index (κ2) is 3.77. The standard InChI is InChI=1S/C10H14BrN3/c1-2-6-3-9(6)14-10-7(11)4-13-5-8(10)12/h4-6,9H,2-3,12H2,1H3,(H,13,14). The molecule has 1 aliphatic carbocycles. The number of hydrogen-bond donors (Lipinski definition) is 2. The predicted molar refractivity (Wildman–Crippen MR) is 62.2 cm³/mol. The van der Waals surface area contributed by atoms with Crippen LogP contribution in [0.2, 0.25) is 0 Å². The van der Waals surface area contributed by atoms with Crippen molar-refractivity contribution in [2.75, 3.05) is 11.1 Å². The highest BCUT2D eigenvalue weighted by atomic mass is 79.9. The average molecular weight is 256 g/mol. The van der Waals surface area contributed by atoms with E-state index in [1.807, 2.05) is 0 Å². The summed E-state index contributed by atoms with van der Waals surface area (Å²) in [7, 11) is 0. The summed E-state index contributed by atoms with van der Waals surface area (Å²) in [5.74, 6) is 0.814. The van der Waals surface area contributed by atoms with Gasteiger partial charge in [0.1, 0.15) is 0 Å². The van der Waals surface area contributed by atoms with Crippen LogP contribution in [0.15, 0.2) is 16.9 Å². The van der Waals surface area contributed by atoms with E-state index in [2.05, 4.69) is 33.2 Å². The minimum Gasteiger partial charge on any atom is -0.396 e. The molecular formula is C10H14BrN3. The maximum atomic E-state index is 5.83. The van der Waals surface area contributed by atoms with Crippen LogP contribution in [0, 0.1) is 5.92 Å². The number of pyridine rings is 1. The third-order valence-electron chi connectivity index (χ3n) is 2.71. The molecule has 1 aromatic rings. The molecule has 2 rings (SSSR count). The van der Waals surface area contributed by atoms with Crippen LogP contribution in [0.25, 0.3) is 0 Å². The van der Waals surface area contributed by atoms with E-state index in [0.29, 0.717) is 11.7 Å². The topological polar surface area (TPSA) is 50.9 Å². The Morgan fingerprint density at radius 2 is 2.43 bits per heavy atom. The van der Waals surface area contributed by atoms with Gasteiger partial charge in [-0.05, 0) is 28.3 Å². The lowest BCUT2D eigenvalue weighted by atomic mass is 10.3. The van der Waals surface area contributed by atoms with Gasteiger partial charge >= 0.3 is 0 Å². The Hall–Kier alpha value is -0.770. The van der Waals surface area contributed by atoms with Crippen molar-refractivity contribution in [3.05, 3.63) is 16.9 Å². The molecule has 14 heavy (non-hydrogen) atoms. The van der Waals surface area contributed by atoms with Crippen molar-refractivity contribution < 1.29 is 0 Å². The number of rotatable bonds is 3. The fourth-order valence-electron chi connectivity index (χ4n) is 1.66. The summed E-state index contributed by atoms with van der Waals surface area (Å²) in [5.41, 5.74) is 7.53. The monoisotopic (exact) mass is 255 g/mol. The van der Waals surface area contributed by atoms with Crippen LogP contribution in [0.4, 0.5) is 11.4 Å². The highest BCUT2D eigenvalue weighted by Gasteiger charge is 2.35. The summed E-state index contributed by atoms with van der Waals surface area (Å²) in [6.45, 7) is 2.22. The van der Waals surface area contributed by atoms with Crippen molar-refractivity contribution in [1.29, 1.82) is 0 Å². The smallest absolute Gasteiger partial charge is 0.0752 e. The lowest BCUT2D eigenvalue weighted by Crippen LogP contribution is -2.07. The number of nitrogen functional groups attached to an aromatic ring is 1. The second-order valence-electron chi connectivity index (χ2n) is 3.74. The van der Waals surface area contributed by atoms with Gasteiger partial charge in [0.25, 0.3) is 0 Å². The Morgan fingerprint density at radius 3 is 3.00 bits per heavy atom. The fraction of sp³-hybridized carbons (Fsp3) is 0.500. The number of nitrogens with two attached hydrogens (primary N) is 1. The van der Waals surface area contributed by atoms with Gasteiger partial charge in [-0.3, -0.25) is 4.98 Å². The van der Waals surface area contributed by atoms with Crippen molar-refractivity contribution in [1.82, 2.24) is 4.98 Å². The van der Waals surface area contributed by atoms with E-state index < -0.39 is 0 Å². The van der Waals surface area contributed by atoms with Gasteiger partial charge in [0, 0.05) is 12.2 Å². The largest absolute Gasteiger partial charge is 0.396 e. The minimum atomic E-state index is 0.598. The molecule has 3 nitrogen and oxygen atoms in total. The number of hydrogen-bond acceptors (Lipinski definition) is 3. The van der Waals surface area contributed by atoms with Crippen LogP contribution >= 0.6 is 15.9 Å². The Labute approximate surface area is 92.2 Å². The van der Waals surface area contributed by atoms with E-state index in [0.717, 1.165) is 16.1 Å². The fourth-order valence-corrected chi connectivity index (χ4v) is 2.12. The van der Waals surface area contributed by atoms with Crippen LogP contribution in [-0.2, 0) is 0 Å². The van der Waals surface area contributed by atoms with Gasteiger partial charge in [0.15, 0.2) is 0 Å². The second-order valence-corrected chi connectivity index (χ2v) is 4.59. The number of aromatic nitrogens is 1. The molecule has 76 valence electrons. The number of halogens is 1. The number of nitrogens with one attached hydrogen (secondary N) is 1. The predicted octanol–water partition coefficient (Wildman–Crippen LogP) is 2.64. The molecule has 1 fully saturated rings. The molecule has 0 saturated heterocycles. The van der Waals surface area contributed by atoms with Crippen LogP contribution in [0.3, 0.4) is 0 Å². The van der Waals surface area contributed by atoms with Crippen molar-refractivity contribution in [2.45, 2.75) is 25.8 Å². The van der Waals surface area contributed by atoms with E-state index in [1.54, 1.807) is 12.4 Å².